The van der Waals surface area contributed by atoms with Gasteiger partial charge in [0.25, 0.3) is 5.91 Å². The van der Waals surface area contributed by atoms with Crippen LogP contribution in [0.1, 0.15) is 49.2 Å². The van der Waals surface area contributed by atoms with Crippen molar-refractivity contribution < 1.29 is 18.0 Å². The standard InChI is InChI=1S/C24H24F3N5OS/c1-5-15(6-2)22-30-32-20(28)19(21(33)29-23(32)34-22)11-16-10-13(3)31(14(16)4)18-9-7-8-17(12-18)24(25,26)27/h7-12,15,28H,5-6H2,1-4H3. The van der Waals surface area contributed by atoms with Gasteiger partial charge in [-0.3, -0.25) is 10.2 Å². The molecule has 0 aliphatic carbocycles. The molecule has 10 heteroatoms. The van der Waals surface area contributed by atoms with Gasteiger partial charge in [-0.2, -0.15) is 28.3 Å². The highest BCUT2D eigenvalue weighted by atomic mass is 32.2. The number of aliphatic imine (C=N–C) groups is 1. The van der Waals surface area contributed by atoms with E-state index in [1.54, 1.807) is 36.6 Å². The van der Waals surface area contributed by atoms with E-state index >= 15 is 0 Å². The topological polar surface area (TPSA) is 73.8 Å². The fourth-order valence-electron chi connectivity index (χ4n) is 4.12. The van der Waals surface area contributed by atoms with Crippen molar-refractivity contribution in [2.24, 2.45) is 16.0 Å². The second-order valence-corrected chi connectivity index (χ2v) is 9.17. The minimum Gasteiger partial charge on any atom is -0.318 e. The van der Waals surface area contributed by atoms with Crippen molar-refractivity contribution in [2.45, 2.75) is 46.7 Å². The molecule has 0 bridgehead atoms. The number of hydrogen-bond donors (Lipinski definition) is 1. The number of amidine groups is 2. The maximum atomic E-state index is 13.2. The molecular formula is C24H24F3N5OS. The highest BCUT2D eigenvalue weighted by Gasteiger charge is 2.37. The van der Waals surface area contributed by atoms with Crippen LogP contribution in [0.2, 0.25) is 0 Å². The van der Waals surface area contributed by atoms with Gasteiger partial charge in [0, 0.05) is 23.0 Å². The first kappa shape index (κ1) is 24.0. The molecular weight excluding hydrogens is 463 g/mol. The molecule has 4 rings (SSSR count). The summed E-state index contributed by atoms with van der Waals surface area (Å²) in [4.78, 5) is 16.9. The van der Waals surface area contributed by atoms with Gasteiger partial charge in [-0.25, -0.2) is 0 Å². The molecule has 2 aliphatic rings. The number of carbonyl (C=O) groups is 1. The van der Waals surface area contributed by atoms with Crippen molar-refractivity contribution in [1.29, 1.82) is 5.41 Å². The summed E-state index contributed by atoms with van der Waals surface area (Å²) >= 11 is 1.32. The molecule has 0 unspecified atom stereocenters. The average molecular weight is 488 g/mol. The first-order valence-corrected chi connectivity index (χ1v) is 11.7. The molecule has 1 aromatic carbocycles. The summed E-state index contributed by atoms with van der Waals surface area (Å²) in [6.07, 6.45) is -1.09. The summed E-state index contributed by atoms with van der Waals surface area (Å²) in [6, 6.07) is 6.87. The van der Waals surface area contributed by atoms with Gasteiger partial charge in [0.1, 0.15) is 5.04 Å². The number of halogens is 3. The summed E-state index contributed by atoms with van der Waals surface area (Å²) in [6.45, 7) is 7.68. The molecule has 1 amide bonds. The van der Waals surface area contributed by atoms with Crippen LogP contribution < -0.4 is 0 Å². The van der Waals surface area contributed by atoms with E-state index in [4.69, 9.17) is 5.41 Å². The van der Waals surface area contributed by atoms with E-state index in [9.17, 15) is 18.0 Å². The Labute approximate surface area is 199 Å². The largest absolute Gasteiger partial charge is 0.416 e. The van der Waals surface area contributed by atoms with Crippen LogP contribution in [0.3, 0.4) is 0 Å². The number of rotatable bonds is 5. The summed E-state index contributed by atoms with van der Waals surface area (Å²) in [5, 5.41) is 15.7. The predicted molar refractivity (Wildman–Crippen MR) is 129 cm³/mol. The highest BCUT2D eigenvalue weighted by Crippen LogP contribution is 2.34. The zero-order chi connectivity index (χ0) is 24.8. The lowest BCUT2D eigenvalue weighted by molar-refractivity contribution is -0.137. The Morgan fingerprint density at radius 1 is 1.18 bits per heavy atom. The molecule has 0 spiro atoms. The number of carbonyl (C=O) groups excluding carboxylic acids is 1. The predicted octanol–water partition coefficient (Wildman–Crippen LogP) is 6.17. The van der Waals surface area contributed by atoms with Crippen LogP contribution in [0.5, 0.6) is 0 Å². The number of amides is 1. The fraction of sp³-hybridized carbons (Fsp3) is 0.333. The lowest BCUT2D eigenvalue weighted by atomic mass is 10.1. The second-order valence-electron chi connectivity index (χ2n) is 8.18. The normalized spacial score (nSPS) is 17.5. The van der Waals surface area contributed by atoms with Crippen LogP contribution >= 0.6 is 11.8 Å². The molecule has 34 heavy (non-hydrogen) atoms. The molecule has 0 fully saturated rings. The Hall–Kier alpha value is -3.14. The molecule has 0 saturated heterocycles. The number of hydrogen-bond acceptors (Lipinski definition) is 4. The second kappa shape index (κ2) is 8.90. The minimum absolute atomic E-state index is 0.0627. The Kier molecular flexibility index (Phi) is 6.28. The lowest BCUT2D eigenvalue weighted by Crippen LogP contribution is -2.35. The van der Waals surface area contributed by atoms with Gasteiger partial charge < -0.3 is 4.57 Å². The third-order valence-electron chi connectivity index (χ3n) is 6.01. The van der Waals surface area contributed by atoms with Crippen molar-refractivity contribution in [3.8, 4) is 5.69 Å². The average Bonchev–Trinajstić information content (AvgIpc) is 3.32. The summed E-state index contributed by atoms with van der Waals surface area (Å²) < 4.78 is 41.3. The summed E-state index contributed by atoms with van der Waals surface area (Å²) in [5.41, 5.74) is 1.70. The molecule has 1 N–H and O–H groups in total. The van der Waals surface area contributed by atoms with Crippen molar-refractivity contribution in [1.82, 2.24) is 9.58 Å². The third-order valence-corrected chi connectivity index (χ3v) is 7.08. The number of fused-ring (bicyclic) bond motifs is 1. The van der Waals surface area contributed by atoms with Crippen LogP contribution in [0.4, 0.5) is 13.2 Å². The van der Waals surface area contributed by atoms with Crippen LogP contribution in [0, 0.1) is 25.2 Å². The maximum Gasteiger partial charge on any atom is 0.416 e. The van der Waals surface area contributed by atoms with Gasteiger partial charge in [0.2, 0.25) is 5.17 Å². The van der Waals surface area contributed by atoms with Gasteiger partial charge in [0.15, 0.2) is 5.84 Å². The first-order valence-electron chi connectivity index (χ1n) is 10.9. The van der Waals surface area contributed by atoms with E-state index in [0.717, 1.165) is 30.0 Å². The number of nitrogens with zero attached hydrogens (tertiary/aromatic N) is 4. The summed E-state index contributed by atoms with van der Waals surface area (Å²) in [5.74, 6) is -0.360. The molecule has 0 saturated carbocycles. The number of nitrogens with one attached hydrogen (secondary N) is 1. The molecule has 3 heterocycles. The van der Waals surface area contributed by atoms with Crippen molar-refractivity contribution in [3.63, 3.8) is 0 Å². The molecule has 1 aromatic heterocycles. The van der Waals surface area contributed by atoms with Crippen LogP contribution in [-0.4, -0.2) is 31.5 Å². The Bertz CT molecular complexity index is 1270. The molecule has 2 aliphatic heterocycles. The molecule has 0 radical (unpaired) electrons. The lowest BCUT2D eigenvalue weighted by Gasteiger charge is -2.20. The monoisotopic (exact) mass is 487 g/mol. The van der Waals surface area contributed by atoms with Gasteiger partial charge >= 0.3 is 6.18 Å². The maximum absolute atomic E-state index is 13.2. The van der Waals surface area contributed by atoms with Crippen LogP contribution in [-0.2, 0) is 11.0 Å². The number of aryl methyl sites for hydroxylation is 1. The van der Waals surface area contributed by atoms with Crippen molar-refractivity contribution in [3.05, 3.63) is 58.4 Å². The number of thioether (sulfide) groups is 1. The quantitative estimate of drug-likeness (QED) is 0.513. The zero-order valence-electron chi connectivity index (χ0n) is 19.2. The summed E-state index contributed by atoms with van der Waals surface area (Å²) in [7, 11) is 0. The van der Waals surface area contributed by atoms with E-state index in [0.29, 0.717) is 27.8 Å². The molecule has 6 nitrogen and oxygen atoms in total. The fourth-order valence-corrected chi connectivity index (χ4v) is 5.27. The molecule has 0 atom stereocenters. The SMILES string of the molecule is CCC(CC)C1=NN2C(=N)C(=Cc3cc(C)n(-c4cccc(C(F)(F)F)c4)c3C)C(=O)N=C2S1. The van der Waals surface area contributed by atoms with E-state index in [2.05, 4.69) is 23.9 Å². The van der Waals surface area contributed by atoms with Crippen LogP contribution in [0.15, 0.2) is 46.0 Å². The number of hydrazone groups is 1. The van der Waals surface area contributed by atoms with Crippen molar-refractivity contribution >= 4 is 39.8 Å². The number of benzene rings is 1. The third kappa shape index (κ3) is 4.22. The zero-order valence-corrected chi connectivity index (χ0v) is 20.0. The van der Waals surface area contributed by atoms with Crippen LogP contribution in [0.25, 0.3) is 11.8 Å². The smallest absolute Gasteiger partial charge is 0.318 e. The Morgan fingerprint density at radius 3 is 2.53 bits per heavy atom. The number of aromatic nitrogens is 1. The van der Waals surface area contributed by atoms with Gasteiger partial charge in [0.05, 0.1) is 11.1 Å². The Morgan fingerprint density at radius 2 is 1.88 bits per heavy atom. The van der Waals surface area contributed by atoms with E-state index < -0.39 is 17.6 Å². The minimum atomic E-state index is -4.45. The Balaban J connectivity index is 1.71. The van der Waals surface area contributed by atoms with E-state index in [-0.39, 0.29) is 17.3 Å². The first-order chi connectivity index (χ1) is 16.0. The van der Waals surface area contributed by atoms with E-state index in [1.165, 1.54) is 22.8 Å². The van der Waals surface area contributed by atoms with E-state index in [1.807, 2.05) is 0 Å². The number of alkyl halides is 3. The van der Waals surface area contributed by atoms with Gasteiger partial charge in [-0.15, -0.1) is 0 Å². The van der Waals surface area contributed by atoms with Crippen molar-refractivity contribution in [2.75, 3.05) is 0 Å². The van der Waals surface area contributed by atoms with Gasteiger partial charge in [-0.1, -0.05) is 19.9 Å². The molecule has 178 valence electrons. The highest BCUT2D eigenvalue weighted by molar-refractivity contribution is 8.27. The van der Waals surface area contributed by atoms with Gasteiger partial charge in [-0.05, 0) is 74.4 Å². The molecule has 2 aromatic rings.